The third-order valence-electron chi connectivity index (χ3n) is 2.25. The second-order valence-electron chi connectivity index (χ2n) is 3.50. The molecule has 0 atom stereocenters. The van der Waals surface area contributed by atoms with Gasteiger partial charge < -0.3 is 19.8 Å². The van der Waals surface area contributed by atoms with Gasteiger partial charge in [-0.15, -0.1) is 0 Å². The maximum Gasteiger partial charge on any atom is 2.00 e. The zero-order chi connectivity index (χ0) is 13.7. The Morgan fingerprint density at radius 1 is 0.842 bits per heavy atom. The van der Waals surface area contributed by atoms with E-state index in [1.165, 1.54) is 12.2 Å². The fourth-order valence-electron chi connectivity index (χ4n) is 1.31. The van der Waals surface area contributed by atoms with Crippen LogP contribution < -0.4 is 10.2 Å². The Morgan fingerprint density at radius 3 is 1.26 bits per heavy atom. The summed E-state index contributed by atoms with van der Waals surface area (Å²) in [6.45, 7) is 6.96. The Balaban J connectivity index is 0.000000324. The molecule has 0 N–H and O–H groups in total. The zero-order valence-corrected chi connectivity index (χ0v) is 11.6. The number of hydrogen-bond acceptors (Lipinski definition) is 4. The van der Waals surface area contributed by atoms with E-state index in [0.717, 1.165) is 0 Å². The van der Waals surface area contributed by atoms with Crippen molar-refractivity contribution in [3.63, 3.8) is 0 Å². The minimum absolute atomic E-state index is 0. The largest absolute Gasteiger partial charge is 2.00 e. The van der Waals surface area contributed by atoms with Gasteiger partial charge >= 0.3 is 23.1 Å². The van der Waals surface area contributed by atoms with Crippen LogP contribution in [0.2, 0.25) is 0 Å². The fourth-order valence-corrected chi connectivity index (χ4v) is 1.31. The van der Waals surface area contributed by atoms with Gasteiger partial charge in [0, 0.05) is 11.1 Å². The number of carbonyl (C=O) groups excluding carboxylic acids is 2. The third-order valence-corrected chi connectivity index (χ3v) is 2.25. The second kappa shape index (κ2) is 7.55. The predicted molar refractivity (Wildman–Crippen MR) is 68.5 cm³/mol. The fraction of sp³-hybridized carbons (Fsp3) is 0. The van der Waals surface area contributed by atoms with Crippen molar-refractivity contribution in [2.75, 3.05) is 0 Å². The van der Waals surface area contributed by atoms with Crippen LogP contribution in [0, 0.1) is 0 Å². The van der Waals surface area contributed by atoms with Crippen molar-refractivity contribution >= 4 is 35.0 Å². The number of carboxylic acid groups (broad SMARTS) is 2. The molecule has 0 aromatic carbocycles. The first kappa shape index (κ1) is 17.1. The first-order valence-corrected chi connectivity index (χ1v) is 5.01. The summed E-state index contributed by atoms with van der Waals surface area (Å²) < 4.78 is 0. The van der Waals surface area contributed by atoms with Crippen molar-refractivity contribution in [2.24, 2.45) is 0 Å². The van der Waals surface area contributed by atoms with Crippen molar-refractivity contribution in [1.82, 2.24) is 0 Å². The summed E-state index contributed by atoms with van der Waals surface area (Å²) in [5.41, 5.74) is 1.37. The Bertz CT molecular complexity index is 498. The average Bonchev–Trinajstić information content (AvgIpc) is 2.87. The van der Waals surface area contributed by atoms with Gasteiger partial charge in [0.15, 0.2) is 0 Å². The summed E-state index contributed by atoms with van der Waals surface area (Å²) in [5, 5.41) is 20.3. The molecular formula is C14H10MgO4. The van der Waals surface area contributed by atoms with E-state index in [9.17, 15) is 19.8 Å². The van der Waals surface area contributed by atoms with E-state index < -0.39 is 11.9 Å². The van der Waals surface area contributed by atoms with Gasteiger partial charge in [-0.1, -0.05) is 49.6 Å². The number of carbonyl (C=O) groups is 2. The monoisotopic (exact) mass is 266 g/mol. The summed E-state index contributed by atoms with van der Waals surface area (Å²) >= 11 is 0. The molecule has 4 nitrogen and oxygen atoms in total. The van der Waals surface area contributed by atoms with Crippen LogP contribution in [0.4, 0.5) is 0 Å². The molecule has 2 rings (SSSR count). The second-order valence-corrected chi connectivity index (χ2v) is 3.50. The van der Waals surface area contributed by atoms with E-state index in [2.05, 4.69) is 13.2 Å². The maximum atomic E-state index is 10.1. The van der Waals surface area contributed by atoms with E-state index in [1.807, 2.05) is 0 Å². The maximum absolute atomic E-state index is 10.1. The summed E-state index contributed by atoms with van der Waals surface area (Å²) in [6.07, 6.45) is 9.46. The van der Waals surface area contributed by atoms with Crippen molar-refractivity contribution < 1.29 is 19.8 Å². The van der Waals surface area contributed by atoms with E-state index in [-0.39, 0.29) is 34.2 Å². The first-order chi connectivity index (χ1) is 8.43. The first-order valence-electron chi connectivity index (χ1n) is 5.01. The molecule has 0 aromatic heterocycles. The molecule has 0 saturated carbocycles. The molecule has 0 aromatic rings. The molecule has 19 heavy (non-hydrogen) atoms. The van der Waals surface area contributed by atoms with Crippen LogP contribution >= 0.6 is 0 Å². The van der Waals surface area contributed by atoms with Crippen LogP contribution in [0.25, 0.3) is 0 Å². The molecule has 0 aliphatic heterocycles. The van der Waals surface area contributed by atoms with Gasteiger partial charge in [0.1, 0.15) is 0 Å². The molecule has 5 heteroatoms. The minimum atomic E-state index is -1.16. The number of hydrogen-bond donors (Lipinski definition) is 0. The molecule has 0 spiro atoms. The van der Waals surface area contributed by atoms with Crippen molar-refractivity contribution in [3.8, 4) is 0 Å². The normalized spacial score (nSPS) is 15.2. The molecule has 92 valence electrons. The zero-order valence-electron chi connectivity index (χ0n) is 10.2. The summed E-state index contributed by atoms with van der Waals surface area (Å²) in [5.74, 6) is -2.32. The minimum Gasteiger partial charge on any atom is -0.545 e. The number of carboxylic acids is 2. The van der Waals surface area contributed by atoms with E-state index in [0.29, 0.717) is 11.1 Å². The molecule has 0 fully saturated rings. The molecule has 0 bridgehead atoms. The molecule has 0 radical (unpaired) electrons. The van der Waals surface area contributed by atoms with Gasteiger partial charge in [-0.25, -0.2) is 0 Å². The standard InChI is InChI=1S/2C7H6O2.Mg/c2*1-5-3-2-4-6(5)7(8)9;/h2*2-4H,1H2,(H,8,9);/q;;+2/p-2. The quantitative estimate of drug-likeness (QED) is 0.613. The van der Waals surface area contributed by atoms with Crippen LogP contribution in [0.3, 0.4) is 0 Å². The molecule has 0 unspecified atom stereocenters. The van der Waals surface area contributed by atoms with Crippen LogP contribution in [0.15, 0.2) is 71.9 Å². The molecule has 2 aliphatic rings. The summed E-state index contributed by atoms with van der Waals surface area (Å²) in [7, 11) is 0. The average molecular weight is 267 g/mol. The van der Waals surface area contributed by atoms with Crippen molar-refractivity contribution in [3.05, 3.63) is 71.9 Å². The van der Waals surface area contributed by atoms with Gasteiger partial charge in [0.2, 0.25) is 0 Å². The third kappa shape index (κ3) is 4.73. The van der Waals surface area contributed by atoms with E-state index in [1.54, 1.807) is 24.3 Å². The Labute approximate surface area is 127 Å². The number of rotatable bonds is 2. The molecular weight excluding hydrogens is 256 g/mol. The Morgan fingerprint density at radius 2 is 1.16 bits per heavy atom. The molecule has 0 amide bonds. The van der Waals surface area contributed by atoms with Crippen LogP contribution in [0.1, 0.15) is 0 Å². The van der Waals surface area contributed by atoms with Crippen LogP contribution in [-0.4, -0.2) is 35.0 Å². The van der Waals surface area contributed by atoms with Gasteiger partial charge in [-0.05, 0) is 11.1 Å². The summed E-state index contributed by atoms with van der Waals surface area (Å²) in [4.78, 5) is 20.3. The van der Waals surface area contributed by atoms with Crippen molar-refractivity contribution in [2.45, 2.75) is 0 Å². The summed E-state index contributed by atoms with van der Waals surface area (Å²) in [6, 6.07) is 0. The van der Waals surface area contributed by atoms with Gasteiger partial charge in [0.25, 0.3) is 0 Å². The Hall–Kier alpha value is -1.85. The van der Waals surface area contributed by atoms with E-state index in [4.69, 9.17) is 0 Å². The topological polar surface area (TPSA) is 80.3 Å². The smallest absolute Gasteiger partial charge is 0.545 e. The van der Waals surface area contributed by atoms with Crippen LogP contribution in [0.5, 0.6) is 0 Å². The molecule has 0 saturated heterocycles. The number of allylic oxidation sites excluding steroid dienone is 6. The molecule has 2 aliphatic carbocycles. The Kier molecular flexibility index (Phi) is 6.82. The van der Waals surface area contributed by atoms with Gasteiger partial charge in [-0.3, -0.25) is 0 Å². The van der Waals surface area contributed by atoms with Gasteiger partial charge in [0.05, 0.1) is 11.9 Å². The van der Waals surface area contributed by atoms with Crippen LogP contribution in [-0.2, 0) is 9.59 Å². The van der Waals surface area contributed by atoms with Gasteiger partial charge in [-0.2, -0.15) is 0 Å². The van der Waals surface area contributed by atoms with E-state index >= 15 is 0 Å². The number of aliphatic carboxylic acids is 2. The van der Waals surface area contributed by atoms with Crippen molar-refractivity contribution in [1.29, 1.82) is 0 Å². The predicted octanol–water partition coefficient (Wildman–Crippen LogP) is -0.803. The molecule has 0 heterocycles. The SMILES string of the molecule is C=C1C=CC=C1C(=O)[O-].C=C1C=CC=C1C(=O)[O-].[Mg+2].